The summed E-state index contributed by atoms with van der Waals surface area (Å²) in [7, 11) is 0. The fraction of sp³-hybridized carbons (Fsp3) is 0.438. The van der Waals surface area contributed by atoms with Gasteiger partial charge >= 0.3 is 12.0 Å². The number of imide groups is 1. The molecule has 0 fully saturated rings. The summed E-state index contributed by atoms with van der Waals surface area (Å²) >= 11 is 0. The van der Waals surface area contributed by atoms with Gasteiger partial charge in [-0.15, -0.1) is 0 Å². The maximum atomic E-state index is 11.7. The fourth-order valence-corrected chi connectivity index (χ4v) is 1.58. The van der Waals surface area contributed by atoms with Gasteiger partial charge in [-0.3, -0.25) is 10.1 Å². The smallest absolute Gasteiger partial charge is 0.338 e. The molecule has 1 aromatic rings. The second-order valence-corrected chi connectivity index (χ2v) is 5.44. The summed E-state index contributed by atoms with van der Waals surface area (Å²) in [5.41, 5.74) is 0.395. The zero-order chi connectivity index (χ0) is 17.4. The van der Waals surface area contributed by atoms with Crippen LogP contribution in [0.2, 0.25) is 0 Å². The molecule has 0 atom stereocenters. The van der Waals surface area contributed by atoms with Gasteiger partial charge in [0, 0.05) is 6.04 Å². The zero-order valence-corrected chi connectivity index (χ0v) is 13.7. The van der Waals surface area contributed by atoms with Crippen LogP contribution in [0.15, 0.2) is 24.3 Å². The van der Waals surface area contributed by atoms with E-state index in [0.29, 0.717) is 11.3 Å². The molecule has 0 spiro atoms. The number of hydrogen-bond donors (Lipinski definition) is 2. The summed E-state index contributed by atoms with van der Waals surface area (Å²) in [6.07, 6.45) is -0.195. The number of carbonyl (C=O) groups excluding carboxylic acids is 3. The first-order chi connectivity index (χ1) is 10.8. The molecule has 0 unspecified atom stereocenters. The molecule has 126 valence electrons. The number of hydrogen-bond acceptors (Lipinski definition) is 5. The Labute approximate surface area is 135 Å². The number of urea groups is 1. The van der Waals surface area contributed by atoms with Crippen molar-refractivity contribution < 1.29 is 23.9 Å². The average molecular weight is 322 g/mol. The number of nitrogens with one attached hydrogen (secondary N) is 2. The lowest BCUT2D eigenvalue weighted by Crippen LogP contribution is -2.44. The molecule has 1 aromatic carbocycles. The van der Waals surface area contributed by atoms with E-state index in [1.807, 2.05) is 0 Å². The Morgan fingerprint density at radius 2 is 1.65 bits per heavy atom. The van der Waals surface area contributed by atoms with Crippen molar-refractivity contribution in [1.29, 1.82) is 0 Å². The lowest BCUT2D eigenvalue weighted by molar-refractivity contribution is -0.122. The second kappa shape index (κ2) is 8.77. The summed E-state index contributed by atoms with van der Waals surface area (Å²) in [6.45, 7) is 6.80. The number of amides is 3. The maximum absolute atomic E-state index is 11.7. The van der Waals surface area contributed by atoms with E-state index in [2.05, 4.69) is 10.6 Å². The van der Waals surface area contributed by atoms with Gasteiger partial charge in [-0.25, -0.2) is 9.59 Å². The van der Waals surface area contributed by atoms with Crippen LogP contribution >= 0.6 is 0 Å². The largest absolute Gasteiger partial charge is 0.484 e. The topological polar surface area (TPSA) is 93.7 Å². The van der Waals surface area contributed by atoms with Crippen LogP contribution < -0.4 is 15.4 Å². The van der Waals surface area contributed by atoms with Gasteiger partial charge in [0.15, 0.2) is 6.61 Å². The molecular weight excluding hydrogens is 300 g/mol. The van der Waals surface area contributed by atoms with Gasteiger partial charge in [-0.05, 0) is 52.0 Å². The van der Waals surface area contributed by atoms with E-state index in [-0.39, 0.29) is 18.8 Å². The van der Waals surface area contributed by atoms with E-state index in [1.54, 1.807) is 52.0 Å². The Bertz CT molecular complexity index is 552. The van der Waals surface area contributed by atoms with E-state index in [0.717, 1.165) is 0 Å². The fourth-order valence-electron chi connectivity index (χ4n) is 1.58. The molecule has 7 heteroatoms. The SMILES string of the molecule is CC(C)NC(=O)NC(=O)COc1ccc(C(=O)OC(C)C)cc1. The van der Waals surface area contributed by atoms with Crippen LogP contribution in [0, 0.1) is 0 Å². The molecule has 0 bridgehead atoms. The Kier molecular flexibility index (Phi) is 7.05. The summed E-state index contributed by atoms with van der Waals surface area (Å²) in [5.74, 6) is -0.577. The third-order valence-corrected chi connectivity index (χ3v) is 2.48. The number of rotatable bonds is 6. The molecule has 0 saturated heterocycles. The predicted octanol–water partition coefficient (Wildman–Crippen LogP) is 1.86. The Morgan fingerprint density at radius 3 is 2.17 bits per heavy atom. The average Bonchev–Trinajstić information content (AvgIpc) is 2.44. The Hall–Kier alpha value is -2.57. The minimum absolute atomic E-state index is 0.0677. The van der Waals surface area contributed by atoms with Crippen LogP contribution in [0.4, 0.5) is 4.79 Å². The molecule has 1 rings (SSSR count). The van der Waals surface area contributed by atoms with Crippen molar-refractivity contribution in [2.24, 2.45) is 0 Å². The first kappa shape index (κ1) is 18.5. The van der Waals surface area contributed by atoms with E-state index >= 15 is 0 Å². The second-order valence-electron chi connectivity index (χ2n) is 5.44. The number of ether oxygens (including phenoxy) is 2. The molecule has 0 aliphatic heterocycles. The van der Waals surface area contributed by atoms with E-state index < -0.39 is 17.9 Å². The number of esters is 1. The summed E-state index contributed by atoms with van der Waals surface area (Å²) in [4.78, 5) is 34.5. The molecule has 2 N–H and O–H groups in total. The van der Waals surface area contributed by atoms with Crippen LogP contribution in [0.3, 0.4) is 0 Å². The summed E-state index contributed by atoms with van der Waals surface area (Å²) in [6, 6.07) is 5.56. The van der Waals surface area contributed by atoms with Crippen molar-refractivity contribution in [1.82, 2.24) is 10.6 Å². The van der Waals surface area contributed by atoms with Crippen LogP contribution in [0.1, 0.15) is 38.1 Å². The predicted molar refractivity (Wildman–Crippen MR) is 84.3 cm³/mol. The van der Waals surface area contributed by atoms with Crippen molar-refractivity contribution in [3.8, 4) is 5.75 Å². The molecule has 0 radical (unpaired) electrons. The third-order valence-electron chi connectivity index (χ3n) is 2.48. The molecule has 0 saturated carbocycles. The molecule has 3 amide bonds. The van der Waals surface area contributed by atoms with Gasteiger partial charge in [0.1, 0.15) is 5.75 Å². The quantitative estimate of drug-likeness (QED) is 0.780. The Morgan fingerprint density at radius 1 is 1.04 bits per heavy atom. The van der Waals surface area contributed by atoms with Gasteiger partial charge in [0.2, 0.25) is 0 Å². The van der Waals surface area contributed by atoms with Crippen molar-refractivity contribution in [2.75, 3.05) is 6.61 Å². The van der Waals surface area contributed by atoms with E-state index in [1.165, 1.54) is 0 Å². The van der Waals surface area contributed by atoms with Crippen molar-refractivity contribution >= 4 is 17.9 Å². The third kappa shape index (κ3) is 7.30. The van der Waals surface area contributed by atoms with Gasteiger partial charge in [0.25, 0.3) is 5.91 Å². The van der Waals surface area contributed by atoms with Gasteiger partial charge in [-0.1, -0.05) is 0 Å². The Balaban J connectivity index is 2.45. The van der Waals surface area contributed by atoms with Crippen LogP contribution in [0.25, 0.3) is 0 Å². The molecule has 7 nitrogen and oxygen atoms in total. The van der Waals surface area contributed by atoms with Crippen molar-refractivity contribution in [3.05, 3.63) is 29.8 Å². The van der Waals surface area contributed by atoms with Gasteiger partial charge < -0.3 is 14.8 Å². The standard InChI is InChI=1S/C16H22N2O5/c1-10(2)17-16(21)18-14(19)9-22-13-7-5-12(6-8-13)15(20)23-11(3)4/h5-8,10-11H,9H2,1-4H3,(H2,17,18,19,21). The molecule has 0 aromatic heterocycles. The molecule has 0 heterocycles. The highest BCUT2D eigenvalue weighted by Crippen LogP contribution is 2.13. The molecule has 0 aliphatic rings. The minimum Gasteiger partial charge on any atom is -0.484 e. The summed E-state index contributed by atoms with van der Waals surface area (Å²) in [5, 5.41) is 4.67. The molecule has 0 aliphatic carbocycles. The zero-order valence-electron chi connectivity index (χ0n) is 13.7. The number of carbonyl (C=O) groups is 3. The van der Waals surface area contributed by atoms with E-state index in [4.69, 9.17) is 9.47 Å². The molecule has 23 heavy (non-hydrogen) atoms. The van der Waals surface area contributed by atoms with Gasteiger partial charge in [-0.2, -0.15) is 0 Å². The first-order valence-electron chi connectivity index (χ1n) is 7.32. The highest BCUT2D eigenvalue weighted by atomic mass is 16.5. The lowest BCUT2D eigenvalue weighted by Gasteiger charge is -2.10. The van der Waals surface area contributed by atoms with Gasteiger partial charge in [0.05, 0.1) is 11.7 Å². The minimum atomic E-state index is -0.569. The van der Waals surface area contributed by atoms with Crippen LogP contribution in [-0.4, -0.2) is 36.7 Å². The monoisotopic (exact) mass is 322 g/mol. The highest BCUT2D eigenvalue weighted by molar-refractivity contribution is 5.95. The normalized spacial score (nSPS) is 10.3. The summed E-state index contributed by atoms with van der Waals surface area (Å²) < 4.78 is 10.3. The van der Waals surface area contributed by atoms with Crippen LogP contribution in [-0.2, 0) is 9.53 Å². The highest BCUT2D eigenvalue weighted by Gasteiger charge is 2.11. The first-order valence-corrected chi connectivity index (χ1v) is 7.32. The van der Waals surface area contributed by atoms with E-state index in [9.17, 15) is 14.4 Å². The van der Waals surface area contributed by atoms with Crippen molar-refractivity contribution in [3.63, 3.8) is 0 Å². The molecular formula is C16H22N2O5. The number of benzene rings is 1. The van der Waals surface area contributed by atoms with Crippen LogP contribution in [0.5, 0.6) is 5.75 Å². The lowest BCUT2D eigenvalue weighted by atomic mass is 10.2. The maximum Gasteiger partial charge on any atom is 0.338 e. The van der Waals surface area contributed by atoms with Crippen molar-refractivity contribution in [2.45, 2.75) is 39.8 Å².